The van der Waals surface area contributed by atoms with Gasteiger partial charge in [-0.2, -0.15) is 5.10 Å². The van der Waals surface area contributed by atoms with Crippen LogP contribution in [0.1, 0.15) is 10.4 Å². The molecule has 1 fully saturated rings. The first kappa shape index (κ1) is 18.5. The second-order valence-corrected chi connectivity index (χ2v) is 7.72. The average Bonchev–Trinajstić information content (AvgIpc) is 3.45. The minimum Gasteiger partial charge on any atom is -0.377 e. The van der Waals surface area contributed by atoms with Gasteiger partial charge in [-0.05, 0) is 30.3 Å². The number of amides is 1. The number of aromatic nitrogens is 5. The van der Waals surface area contributed by atoms with Crippen LogP contribution < -0.4 is 10.6 Å². The first-order valence-electron chi connectivity index (χ1n) is 10.3. The summed E-state index contributed by atoms with van der Waals surface area (Å²) in [5.74, 6) is 0.524. The van der Waals surface area contributed by atoms with Crippen molar-refractivity contribution in [3.8, 4) is 11.3 Å². The van der Waals surface area contributed by atoms with Crippen LogP contribution in [0.4, 0.5) is 11.5 Å². The third-order valence-corrected chi connectivity index (χ3v) is 5.49. The highest BCUT2D eigenvalue weighted by Crippen LogP contribution is 2.26. The lowest BCUT2D eigenvalue weighted by Crippen LogP contribution is -2.48. The van der Waals surface area contributed by atoms with Gasteiger partial charge < -0.3 is 19.8 Å². The number of aromatic amines is 1. The molecular formula is C23H19N7O2. The molecule has 1 amide bonds. The molecule has 9 heteroatoms. The average molecular weight is 425 g/mol. The Morgan fingerprint density at radius 2 is 2.03 bits per heavy atom. The normalized spacial score (nSPS) is 13.9. The Hall–Kier alpha value is -4.24. The summed E-state index contributed by atoms with van der Waals surface area (Å²) in [6, 6.07) is 13.5. The Bertz CT molecular complexity index is 1430. The van der Waals surface area contributed by atoms with Crippen molar-refractivity contribution in [2.45, 2.75) is 6.04 Å². The summed E-state index contributed by atoms with van der Waals surface area (Å²) in [5, 5.41) is 14.4. The fraction of sp³-hybridized carbons (Fsp3) is 0.130. The molecule has 4 heterocycles. The number of hydrogen-bond donors (Lipinski definition) is 3. The van der Waals surface area contributed by atoms with Gasteiger partial charge in [0.15, 0.2) is 11.5 Å². The molecule has 1 saturated heterocycles. The summed E-state index contributed by atoms with van der Waals surface area (Å²) >= 11 is 0. The second-order valence-electron chi connectivity index (χ2n) is 7.72. The molecular weight excluding hydrogens is 406 g/mol. The number of fused-ring (bicyclic) bond motifs is 2. The van der Waals surface area contributed by atoms with Gasteiger partial charge in [-0.25, -0.2) is 9.97 Å². The lowest BCUT2D eigenvalue weighted by atomic mass is 10.1. The maximum Gasteiger partial charge on any atom is 0.251 e. The monoisotopic (exact) mass is 425 g/mol. The standard InChI is InChI=1S/C23H19N7O2/c31-23(27-18-12-32-13-18)14-3-5-17(6-4-14)26-21-22-24-7-8-30(22)11-20(28-21)15-1-2-16-10-25-29-19(16)9-15/h1-11,18H,12-13H2,(H,25,29)(H,26,28)(H,27,31). The highest BCUT2D eigenvalue weighted by Gasteiger charge is 2.21. The van der Waals surface area contributed by atoms with Crippen LogP contribution in [-0.4, -0.2) is 49.7 Å². The van der Waals surface area contributed by atoms with Crippen LogP contribution in [0.15, 0.2) is 67.3 Å². The van der Waals surface area contributed by atoms with E-state index < -0.39 is 0 Å². The van der Waals surface area contributed by atoms with E-state index in [1.54, 1.807) is 24.5 Å². The predicted octanol–water partition coefficient (Wildman–Crippen LogP) is 3.14. The molecule has 5 aromatic rings. The minimum absolute atomic E-state index is 0.0990. The van der Waals surface area contributed by atoms with E-state index in [1.807, 2.05) is 47.1 Å². The fourth-order valence-corrected chi connectivity index (χ4v) is 3.68. The van der Waals surface area contributed by atoms with E-state index in [4.69, 9.17) is 9.72 Å². The highest BCUT2D eigenvalue weighted by atomic mass is 16.5. The van der Waals surface area contributed by atoms with E-state index >= 15 is 0 Å². The number of ether oxygens (including phenoxy) is 1. The maximum atomic E-state index is 12.3. The van der Waals surface area contributed by atoms with E-state index in [9.17, 15) is 4.79 Å². The zero-order valence-corrected chi connectivity index (χ0v) is 16.9. The predicted molar refractivity (Wildman–Crippen MR) is 120 cm³/mol. The third kappa shape index (κ3) is 3.34. The first-order valence-corrected chi connectivity index (χ1v) is 10.3. The van der Waals surface area contributed by atoms with Crippen molar-refractivity contribution in [3.05, 3.63) is 72.8 Å². The van der Waals surface area contributed by atoms with Gasteiger partial charge in [0.25, 0.3) is 5.91 Å². The molecule has 0 saturated carbocycles. The molecule has 0 spiro atoms. The van der Waals surface area contributed by atoms with Gasteiger partial charge in [-0.15, -0.1) is 0 Å². The van der Waals surface area contributed by atoms with Crippen LogP contribution in [-0.2, 0) is 4.74 Å². The van der Waals surface area contributed by atoms with Gasteiger partial charge >= 0.3 is 0 Å². The van der Waals surface area contributed by atoms with Crippen molar-refractivity contribution in [3.63, 3.8) is 0 Å². The quantitative estimate of drug-likeness (QED) is 0.399. The maximum absolute atomic E-state index is 12.3. The van der Waals surface area contributed by atoms with Crippen LogP contribution in [0.2, 0.25) is 0 Å². The van der Waals surface area contributed by atoms with Gasteiger partial charge in [0.1, 0.15) is 0 Å². The molecule has 9 nitrogen and oxygen atoms in total. The number of imidazole rings is 1. The first-order chi connectivity index (χ1) is 15.7. The Balaban J connectivity index is 1.30. The largest absolute Gasteiger partial charge is 0.377 e. The Morgan fingerprint density at radius 1 is 1.16 bits per heavy atom. The fourth-order valence-electron chi connectivity index (χ4n) is 3.68. The number of carbonyl (C=O) groups is 1. The van der Waals surface area contributed by atoms with E-state index in [2.05, 4.69) is 25.8 Å². The molecule has 2 aromatic carbocycles. The summed E-state index contributed by atoms with van der Waals surface area (Å²) in [5.41, 5.74) is 4.84. The van der Waals surface area contributed by atoms with E-state index in [1.165, 1.54) is 0 Å². The molecule has 32 heavy (non-hydrogen) atoms. The molecule has 158 valence electrons. The SMILES string of the molecule is O=C(NC1COC1)c1ccc(Nc2nc(-c3ccc4cn[nH]c4c3)cn3ccnc23)cc1. The van der Waals surface area contributed by atoms with Crippen molar-refractivity contribution in [2.24, 2.45) is 0 Å². The number of rotatable bonds is 5. The number of nitrogens with one attached hydrogen (secondary N) is 3. The third-order valence-electron chi connectivity index (χ3n) is 5.49. The van der Waals surface area contributed by atoms with Crippen molar-refractivity contribution in [1.29, 1.82) is 0 Å². The van der Waals surface area contributed by atoms with E-state index in [0.717, 1.165) is 27.8 Å². The topological polar surface area (TPSA) is 109 Å². The zero-order chi connectivity index (χ0) is 21.5. The second kappa shape index (κ2) is 7.47. The molecule has 0 bridgehead atoms. The van der Waals surface area contributed by atoms with Crippen molar-refractivity contribution < 1.29 is 9.53 Å². The van der Waals surface area contributed by atoms with Crippen LogP contribution in [0.25, 0.3) is 27.8 Å². The Kier molecular flexibility index (Phi) is 4.32. The number of hydrogen-bond acceptors (Lipinski definition) is 6. The van der Waals surface area contributed by atoms with Gasteiger partial charge in [-0.1, -0.05) is 12.1 Å². The number of nitrogens with zero attached hydrogens (tertiary/aromatic N) is 4. The molecule has 1 aliphatic heterocycles. The zero-order valence-electron chi connectivity index (χ0n) is 16.9. The van der Waals surface area contributed by atoms with Gasteiger partial charge in [-0.3, -0.25) is 9.89 Å². The minimum atomic E-state index is -0.102. The molecule has 3 aromatic heterocycles. The van der Waals surface area contributed by atoms with Crippen LogP contribution >= 0.6 is 0 Å². The molecule has 6 rings (SSSR count). The number of anilines is 2. The van der Waals surface area contributed by atoms with Crippen molar-refractivity contribution in [1.82, 2.24) is 29.9 Å². The molecule has 0 atom stereocenters. The summed E-state index contributed by atoms with van der Waals surface area (Å²) in [6.07, 6.45) is 7.37. The number of carbonyl (C=O) groups excluding carboxylic acids is 1. The van der Waals surface area contributed by atoms with Gasteiger partial charge in [0.05, 0.1) is 36.7 Å². The Morgan fingerprint density at radius 3 is 2.84 bits per heavy atom. The summed E-state index contributed by atoms with van der Waals surface area (Å²) < 4.78 is 7.03. The van der Waals surface area contributed by atoms with Crippen molar-refractivity contribution >= 4 is 34.0 Å². The molecule has 0 aliphatic carbocycles. The van der Waals surface area contributed by atoms with Crippen LogP contribution in [0, 0.1) is 0 Å². The molecule has 1 aliphatic rings. The number of benzene rings is 2. The van der Waals surface area contributed by atoms with E-state index in [0.29, 0.717) is 30.2 Å². The van der Waals surface area contributed by atoms with Crippen molar-refractivity contribution in [2.75, 3.05) is 18.5 Å². The molecule has 3 N–H and O–H groups in total. The summed E-state index contributed by atoms with van der Waals surface area (Å²) in [7, 11) is 0. The summed E-state index contributed by atoms with van der Waals surface area (Å²) in [4.78, 5) is 21.6. The van der Waals surface area contributed by atoms with E-state index in [-0.39, 0.29) is 11.9 Å². The van der Waals surface area contributed by atoms with Gasteiger partial charge in [0, 0.05) is 40.8 Å². The van der Waals surface area contributed by atoms with Crippen LogP contribution in [0.5, 0.6) is 0 Å². The van der Waals surface area contributed by atoms with Crippen LogP contribution in [0.3, 0.4) is 0 Å². The lowest BCUT2D eigenvalue weighted by Gasteiger charge is -2.26. The summed E-state index contributed by atoms with van der Waals surface area (Å²) in [6.45, 7) is 1.14. The number of H-pyrrole nitrogens is 1. The lowest BCUT2D eigenvalue weighted by molar-refractivity contribution is -0.00346. The Labute approximate surface area is 182 Å². The molecule has 0 radical (unpaired) electrons. The molecule has 0 unspecified atom stereocenters. The highest BCUT2D eigenvalue weighted by molar-refractivity contribution is 5.95. The smallest absolute Gasteiger partial charge is 0.251 e. The van der Waals surface area contributed by atoms with Gasteiger partial charge in [0.2, 0.25) is 0 Å².